The lowest BCUT2D eigenvalue weighted by molar-refractivity contribution is 0.000375. The SMILES string of the molecule is NC1CCCC(OCCC2CCCO2)C1. The van der Waals surface area contributed by atoms with Crippen LogP contribution in [0.25, 0.3) is 0 Å². The molecule has 0 aromatic rings. The van der Waals surface area contributed by atoms with Gasteiger partial charge in [0, 0.05) is 19.3 Å². The van der Waals surface area contributed by atoms with Crippen molar-refractivity contribution in [3.63, 3.8) is 0 Å². The van der Waals surface area contributed by atoms with Crippen molar-refractivity contribution in [1.82, 2.24) is 0 Å². The van der Waals surface area contributed by atoms with Crippen LogP contribution in [0.5, 0.6) is 0 Å². The van der Waals surface area contributed by atoms with E-state index in [1.807, 2.05) is 0 Å². The van der Waals surface area contributed by atoms with Crippen molar-refractivity contribution in [1.29, 1.82) is 0 Å². The number of hydrogen-bond acceptors (Lipinski definition) is 3. The van der Waals surface area contributed by atoms with Gasteiger partial charge in [-0.1, -0.05) is 0 Å². The summed E-state index contributed by atoms with van der Waals surface area (Å²) in [5.41, 5.74) is 5.91. The average molecular weight is 213 g/mol. The van der Waals surface area contributed by atoms with Crippen molar-refractivity contribution in [2.24, 2.45) is 5.73 Å². The Bertz CT molecular complexity index is 180. The van der Waals surface area contributed by atoms with E-state index in [-0.39, 0.29) is 0 Å². The Morgan fingerprint density at radius 1 is 1.20 bits per heavy atom. The van der Waals surface area contributed by atoms with Crippen LogP contribution in [0.15, 0.2) is 0 Å². The molecule has 0 amide bonds. The summed E-state index contributed by atoms with van der Waals surface area (Å²) in [6, 6.07) is 0.367. The van der Waals surface area contributed by atoms with Crippen molar-refractivity contribution < 1.29 is 9.47 Å². The van der Waals surface area contributed by atoms with E-state index in [0.29, 0.717) is 18.2 Å². The molecule has 1 saturated carbocycles. The van der Waals surface area contributed by atoms with Crippen LogP contribution in [0, 0.1) is 0 Å². The number of nitrogens with two attached hydrogens (primary N) is 1. The highest BCUT2D eigenvalue weighted by Gasteiger charge is 2.20. The zero-order chi connectivity index (χ0) is 10.5. The predicted octanol–water partition coefficient (Wildman–Crippen LogP) is 1.84. The first kappa shape index (κ1) is 11.4. The van der Waals surface area contributed by atoms with Gasteiger partial charge < -0.3 is 15.2 Å². The quantitative estimate of drug-likeness (QED) is 0.775. The van der Waals surface area contributed by atoms with Gasteiger partial charge in [0.2, 0.25) is 0 Å². The van der Waals surface area contributed by atoms with Gasteiger partial charge in [-0.05, 0) is 44.9 Å². The van der Waals surface area contributed by atoms with Gasteiger partial charge in [0.05, 0.1) is 12.2 Å². The van der Waals surface area contributed by atoms with E-state index in [4.69, 9.17) is 15.2 Å². The van der Waals surface area contributed by atoms with Gasteiger partial charge >= 0.3 is 0 Å². The summed E-state index contributed by atoms with van der Waals surface area (Å²) >= 11 is 0. The van der Waals surface area contributed by atoms with Gasteiger partial charge in [-0.2, -0.15) is 0 Å². The van der Waals surface area contributed by atoms with Crippen LogP contribution < -0.4 is 5.73 Å². The molecule has 2 fully saturated rings. The maximum Gasteiger partial charge on any atom is 0.0597 e. The standard InChI is InChI=1S/C12H23NO2/c13-10-3-1-4-12(9-10)15-8-6-11-5-2-7-14-11/h10-12H,1-9,13H2. The first-order valence-electron chi connectivity index (χ1n) is 6.33. The van der Waals surface area contributed by atoms with Gasteiger partial charge in [0.25, 0.3) is 0 Å². The first-order chi connectivity index (χ1) is 7.34. The Morgan fingerprint density at radius 2 is 2.13 bits per heavy atom. The second-order valence-corrected chi connectivity index (χ2v) is 4.84. The monoisotopic (exact) mass is 213 g/mol. The lowest BCUT2D eigenvalue weighted by Gasteiger charge is -2.27. The van der Waals surface area contributed by atoms with E-state index >= 15 is 0 Å². The van der Waals surface area contributed by atoms with E-state index < -0.39 is 0 Å². The number of hydrogen-bond donors (Lipinski definition) is 1. The van der Waals surface area contributed by atoms with Gasteiger partial charge in [-0.15, -0.1) is 0 Å². The molecule has 3 unspecified atom stereocenters. The smallest absolute Gasteiger partial charge is 0.0597 e. The Labute approximate surface area is 92.3 Å². The highest BCUT2D eigenvalue weighted by molar-refractivity contribution is 4.75. The molecule has 2 N–H and O–H groups in total. The van der Waals surface area contributed by atoms with E-state index in [2.05, 4.69) is 0 Å². The van der Waals surface area contributed by atoms with Crippen LogP contribution in [0.3, 0.4) is 0 Å². The molecule has 3 heteroatoms. The number of rotatable bonds is 4. The fourth-order valence-electron chi connectivity index (χ4n) is 2.57. The molecule has 0 spiro atoms. The largest absolute Gasteiger partial charge is 0.378 e. The molecule has 1 heterocycles. The molecule has 1 aliphatic carbocycles. The minimum absolute atomic E-state index is 0.367. The van der Waals surface area contributed by atoms with Crippen LogP contribution in [0.2, 0.25) is 0 Å². The molecule has 0 aromatic heterocycles. The maximum absolute atomic E-state index is 5.91. The van der Waals surface area contributed by atoms with Crippen molar-refractivity contribution in [3.05, 3.63) is 0 Å². The summed E-state index contributed by atoms with van der Waals surface area (Å²) in [6.07, 6.45) is 9.01. The number of ether oxygens (including phenoxy) is 2. The van der Waals surface area contributed by atoms with E-state index in [0.717, 1.165) is 26.1 Å². The second kappa shape index (κ2) is 5.83. The molecule has 0 aromatic carbocycles. The molecular formula is C12H23NO2. The summed E-state index contributed by atoms with van der Waals surface area (Å²) in [7, 11) is 0. The molecule has 0 bridgehead atoms. The predicted molar refractivity (Wildman–Crippen MR) is 59.8 cm³/mol. The van der Waals surface area contributed by atoms with Crippen molar-refractivity contribution >= 4 is 0 Å². The fourth-order valence-corrected chi connectivity index (χ4v) is 2.57. The Kier molecular flexibility index (Phi) is 4.42. The summed E-state index contributed by atoms with van der Waals surface area (Å²) in [5.74, 6) is 0. The topological polar surface area (TPSA) is 44.5 Å². The van der Waals surface area contributed by atoms with Crippen LogP contribution >= 0.6 is 0 Å². The van der Waals surface area contributed by atoms with Gasteiger partial charge in [-0.3, -0.25) is 0 Å². The second-order valence-electron chi connectivity index (χ2n) is 4.84. The molecular weight excluding hydrogens is 190 g/mol. The van der Waals surface area contributed by atoms with Crippen LogP contribution in [-0.4, -0.2) is 31.5 Å². The highest BCUT2D eigenvalue weighted by Crippen LogP contribution is 2.21. The molecule has 88 valence electrons. The minimum atomic E-state index is 0.367. The molecule has 0 radical (unpaired) electrons. The normalized spacial score (nSPS) is 37.0. The van der Waals surface area contributed by atoms with Crippen molar-refractivity contribution in [3.8, 4) is 0 Å². The van der Waals surface area contributed by atoms with E-state index in [1.165, 1.54) is 32.1 Å². The lowest BCUT2D eigenvalue weighted by atomic mass is 9.93. The maximum atomic E-state index is 5.91. The van der Waals surface area contributed by atoms with Crippen LogP contribution in [0.1, 0.15) is 44.9 Å². The van der Waals surface area contributed by atoms with Crippen molar-refractivity contribution in [2.75, 3.05) is 13.2 Å². The molecule has 2 aliphatic rings. The van der Waals surface area contributed by atoms with Gasteiger partial charge in [-0.25, -0.2) is 0 Å². The summed E-state index contributed by atoms with van der Waals surface area (Å²) in [4.78, 5) is 0. The van der Waals surface area contributed by atoms with E-state index in [9.17, 15) is 0 Å². The third-order valence-corrected chi connectivity index (χ3v) is 3.48. The Hall–Kier alpha value is -0.120. The Balaban J connectivity index is 1.56. The minimum Gasteiger partial charge on any atom is -0.378 e. The summed E-state index contributed by atoms with van der Waals surface area (Å²) in [5, 5.41) is 0. The van der Waals surface area contributed by atoms with Gasteiger partial charge in [0.15, 0.2) is 0 Å². The average Bonchev–Trinajstić information content (AvgIpc) is 2.71. The molecule has 3 atom stereocenters. The zero-order valence-corrected chi connectivity index (χ0v) is 9.49. The third kappa shape index (κ3) is 3.74. The molecule has 2 rings (SSSR count). The molecule has 15 heavy (non-hydrogen) atoms. The molecule has 1 aliphatic heterocycles. The highest BCUT2D eigenvalue weighted by atomic mass is 16.5. The van der Waals surface area contributed by atoms with Crippen molar-refractivity contribution in [2.45, 2.75) is 63.2 Å². The summed E-state index contributed by atoms with van der Waals surface area (Å²) in [6.45, 7) is 1.79. The molecule has 1 saturated heterocycles. The van der Waals surface area contributed by atoms with Gasteiger partial charge in [0.1, 0.15) is 0 Å². The summed E-state index contributed by atoms with van der Waals surface area (Å²) < 4.78 is 11.4. The fraction of sp³-hybridized carbons (Fsp3) is 1.00. The molecule has 3 nitrogen and oxygen atoms in total. The third-order valence-electron chi connectivity index (χ3n) is 3.48. The Morgan fingerprint density at radius 3 is 2.87 bits per heavy atom. The van der Waals surface area contributed by atoms with Crippen LogP contribution in [-0.2, 0) is 9.47 Å². The van der Waals surface area contributed by atoms with Crippen LogP contribution in [0.4, 0.5) is 0 Å². The lowest BCUT2D eigenvalue weighted by Crippen LogP contribution is -2.32. The zero-order valence-electron chi connectivity index (χ0n) is 9.49. The van der Waals surface area contributed by atoms with E-state index in [1.54, 1.807) is 0 Å². The first-order valence-corrected chi connectivity index (χ1v) is 6.33.